The van der Waals surface area contributed by atoms with Crippen molar-refractivity contribution in [2.75, 3.05) is 6.54 Å². The van der Waals surface area contributed by atoms with Gasteiger partial charge in [0.05, 0.1) is 5.69 Å². The van der Waals surface area contributed by atoms with Gasteiger partial charge in [-0.05, 0) is 43.5 Å². The molecule has 0 unspecified atom stereocenters. The van der Waals surface area contributed by atoms with E-state index in [1.165, 1.54) is 23.1 Å². The van der Waals surface area contributed by atoms with Gasteiger partial charge < -0.3 is 5.32 Å². The molecule has 0 saturated carbocycles. The van der Waals surface area contributed by atoms with E-state index in [1.54, 1.807) is 0 Å². The molecule has 0 bridgehead atoms. The molecule has 3 heteroatoms. The monoisotopic (exact) mass is 271 g/mol. The lowest BCUT2D eigenvalue weighted by Crippen LogP contribution is -2.13. The summed E-state index contributed by atoms with van der Waals surface area (Å²) in [6, 6.07) is 8.75. The Kier molecular flexibility index (Phi) is 5.36. The number of nitrogens with zero attached hydrogens (tertiary/aromatic N) is 2. The molecule has 0 fully saturated rings. The van der Waals surface area contributed by atoms with E-state index in [0.29, 0.717) is 0 Å². The van der Waals surface area contributed by atoms with Gasteiger partial charge in [-0.1, -0.05) is 32.0 Å². The standard InChI is InChI=1S/C17H25N3/c1-4-9-18-12-15-7-6-8-16(11-15)17-13-20(10-5-2)19-14(17)3/h6-8,11,13,18H,4-5,9-10,12H2,1-3H3. The molecule has 0 atom stereocenters. The Bertz CT molecular complexity index is 543. The normalized spacial score (nSPS) is 10.9. The fourth-order valence-corrected chi connectivity index (χ4v) is 2.40. The van der Waals surface area contributed by atoms with Crippen LogP contribution in [0.5, 0.6) is 0 Å². The average Bonchev–Trinajstić information content (AvgIpc) is 2.81. The van der Waals surface area contributed by atoms with E-state index in [1.807, 2.05) is 4.68 Å². The number of benzene rings is 1. The molecule has 0 amide bonds. The first kappa shape index (κ1) is 14.8. The van der Waals surface area contributed by atoms with Crippen LogP contribution in [0.4, 0.5) is 0 Å². The molecule has 1 aromatic heterocycles. The van der Waals surface area contributed by atoms with Crippen molar-refractivity contribution in [3.63, 3.8) is 0 Å². The summed E-state index contributed by atoms with van der Waals surface area (Å²) in [4.78, 5) is 0. The van der Waals surface area contributed by atoms with E-state index in [2.05, 4.69) is 61.6 Å². The Labute approximate surface area is 122 Å². The van der Waals surface area contributed by atoms with Gasteiger partial charge in [-0.2, -0.15) is 5.10 Å². The van der Waals surface area contributed by atoms with Crippen LogP contribution in [0, 0.1) is 6.92 Å². The van der Waals surface area contributed by atoms with Crippen molar-refractivity contribution in [3.8, 4) is 11.1 Å². The Morgan fingerprint density at radius 2 is 2.05 bits per heavy atom. The molecule has 2 rings (SSSR count). The van der Waals surface area contributed by atoms with E-state index in [9.17, 15) is 0 Å². The average molecular weight is 271 g/mol. The third-order valence-corrected chi connectivity index (χ3v) is 3.39. The molecule has 0 radical (unpaired) electrons. The van der Waals surface area contributed by atoms with Crippen LogP contribution in [0.3, 0.4) is 0 Å². The van der Waals surface area contributed by atoms with Crippen molar-refractivity contribution in [2.45, 2.75) is 46.7 Å². The van der Waals surface area contributed by atoms with Crippen LogP contribution in [-0.2, 0) is 13.1 Å². The van der Waals surface area contributed by atoms with Crippen molar-refractivity contribution in [1.29, 1.82) is 0 Å². The number of nitrogens with one attached hydrogen (secondary N) is 1. The summed E-state index contributed by atoms with van der Waals surface area (Å²) in [5.41, 5.74) is 4.95. The largest absolute Gasteiger partial charge is 0.313 e. The molecule has 20 heavy (non-hydrogen) atoms. The Balaban J connectivity index is 2.17. The highest BCUT2D eigenvalue weighted by molar-refractivity contribution is 5.65. The first-order valence-electron chi connectivity index (χ1n) is 7.58. The van der Waals surface area contributed by atoms with Gasteiger partial charge in [0.25, 0.3) is 0 Å². The second-order valence-corrected chi connectivity index (χ2v) is 5.27. The van der Waals surface area contributed by atoms with Gasteiger partial charge >= 0.3 is 0 Å². The summed E-state index contributed by atoms with van der Waals surface area (Å²) >= 11 is 0. The zero-order chi connectivity index (χ0) is 14.4. The lowest BCUT2D eigenvalue weighted by molar-refractivity contribution is 0.598. The van der Waals surface area contributed by atoms with Gasteiger partial charge in [0, 0.05) is 24.8 Å². The predicted molar refractivity (Wildman–Crippen MR) is 84.7 cm³/mol. The Morgan fingerprint density at radius 1 is 1.20 bits per heavy atom. The van der Waals surface area contributed by atoms with Crippen molar-refractivity contribution in [3.05, 3.63) is 41.7 Å². The van der Waals surface area contributed by atoms with E-state index in [0.717, 1.165) is 31.7 Å². The summed E-state index contributed by atoms with van der Waals surface area (Å²) in [7, 11) is 0. The lowest BCUT2D eigenvalue weighted by atomic mass is 10.0. The van der Waals surface area contributed by atoms with Crippen LogP contribution in [0.1, 0.15) is 37.9 Å². The first-order valence-corrected chi connectivity index (χ1v) is 7.58. The van der Waals surface area contributed by atoms with Gasteiger partial charge in [0.2, 0.25) is 0 Å². The molecule has 1 aromatic carbocycles. The zero-order valence-corrected chi connectivity index (χ0v) is 12.8. The van der Waals surface area contributed by atoms with Gasteiger partial charge in [-0.25, -0.2) is 0 Å². The van der Waals surface area contributed by atoms with E-state index >= 15 is 0 Å². The van der Waals surface area contributed by atoms with Crippen LogP contribution in [0.15, 0.2) is 30.5 Å². The minimum absolute atomic E-state index is 0.934. The predicted octanol–water partition coefficient (Wildman–Crippen LogP) is 3.77. The van der Waals surface area contributed by atoms with Crippen molar-refractivity contribution in [1.82, 2.24) is 15.1 Å². The molecule has 1 N–H and O–H groups in total. The van der Waals surface area contributed by atoms with Crippen LogP contribution in [0.25, 0.3) is 11.1 Å². The van der Waals surface area contributed by atoms with Crippen LogP contribution in [-0.4, -0.2) is 16.3 Å². The van der Waals surface area contributed by atoms with Crippen LogP contribution >= 0.6 is 0 Å². The smallest absolute Gasteiger partial charge is 0.0672 e. The molecule has 0 spiro atoms. The summed E-state index contributed by atoms with van der Waals surface area (Å²) in [5.74, 6) is 0. The fraction of sp³-hybridized carbons (Fsp3) is 0.471. The van der Waals surface area contributed by atoms with Crippen LogP contribution in [0.2, 0.25) is 0 Å². The lowest BCUT2D eigenvalue weighted by Gasteiger charge is -2.06. The molecule has 0 aliphatic carbocycles. The summed E-state index contributed by atoms with van der Waals surface area (Å²) < 4.78 is 2.05. The molecule has 3 nitrogen and oxygen atoms in total. The molecule has 1 heterocycles. The number of hydrogen-bond acceptors (Lipinski definition) is 2. The van der Waals surface area contributed by atoms with Crippen LogP contribution < -0.4 is 5.32 Å². The molecule has 0 aliphatic rings. The quantitative estimate of drug-likeness (QED) is 0.777. The molecule has 0 saturated heterocycles. The Hall–Kier alpha value is -1.61. The van der Waals surface area contributed by atoms with E-state index < -0.39 is 0 Å². The summed E-state index contributed by atoms with van der Waals surface area (Å²) in [6.07, 6.45) is 4.45. The minimum Gasteiger partial charge on any atom is -0.313 e. The van der Waals surface area contributed by atoms with Gasteiger partial charge in [-0.15, -0.1) is 0 Å². The highest BCUT2D eigenvalue weighted by Crippen LogP contribution is 2.23. The Morgan fingerprint density at radius 3 is 2.80 bits per heavy atom. The third kappa shape index (κ3) is 3.70. The maximum absolute atomic E-state index is 4.58. The third-order valence-electron chi connectivity index (χ3n) is 3.39. The topological polar surface area (TPSA) is 29.9 Å². The number of aromatic nitrogens is 2. The highest BCUT2D eigenvalue weighted by Gasteiger charge is 2.07. The van der Waals surface area contributed by atoms with Gasteiger partial charge in [0.1, 0.15) is 0 Å². The second kappa shape index (κ2) is 7.25. The molecule has 2 aromatic rings. The SMILES string of the molecule is CCCNCc1cccc(-c2cn(CCC)nc2C)c1. The maximum Gasteiger partial charge on any atom is 0.0672 e. The zero-order valence-electron chi connectivity index (χ0n) is 12.8. The first-order chi connectivity index (χ1) is 9.74. The fourth-order valence-electron chi connectivity index (χ4n) is 2.40. The van der Waals surface area contributed by atoms with Gasteiger partial charge in [0.15, 0.2) is 0 Å². The summed E-state index contributed by atoms with van der Waals surface area (Å²) in [5, 5.41) is 8.03. The second-order valence-electron chi connectivity index (χ2n) is 5.27. The summed E-state index contributed by atoms with van der Waals surface area (Å²) in [6.45, 7) is 9.44. The number of aryl methyl sites for hydroxylation is 2. The van der Waals surface area contributed by atoms with Gasteiger partial charge in [-0.3, -0.25) is 4.68 Å². The number of hydrogen-bond donors (Lipinski definition) is 1. The maximum atomic E-state index is 4.58. The highest BCUT2D eigenvalue weighted by atomic mass is 15.3. The van der Waals surface area contributed by atoms with Crippen molar-refractivity contribution >= 4 is 0 Å². The van der Waals surface area contributed by atoms with Crippen molar-refractivity contribution in [2.24, 2.45) is 0 Å². The number of rotatable bonds is 7. The van der Waals surface area contributed by atoms with Crippen molar-refractivity contribution < 1.29 is 0 Å². The molecular weight excluding hydrogens is 246 g/mol. The molecular formula is C17H25N3. The molecule has 0 aliphatic heterocycles. The molecule has 108 valence electrons. The van der Waals surface area contributed by atoms with E-state index in [4.69, 9.17) is 0 Å². The van der Waals surface area contributed by atoms with E-state index in [-0.39, 0.29) is 0 Å². The minimum atomic E-state index is 0.934.